The summed E-state index contributed by atoms with van der Waals surface area (Å²) in [5.41, 5.74) is 2.89. The van der Waals surface area contributed by atoms with Crippen LogP contribution in [-0.4, -0.2) is 26.2 Å². The SMILES string of the molecule is Cc1ccc(Cl)cc1N1CCCNCC(C)(C)C1. The second kappa shape index (κ2) is 5.50. The Labute approximate surface area is 115 Å². The van der Waals surface area contributed by atoms with Gasteiger partial charge in [0.1, 0.15) is 0 Å². The quantitative estimate of drug-likeness (QED) is 0.837. The van der Waals surface area contributed by atoms with Gasteiger partial charge in [0.05, 0.1) is 0 Å². The number of hydrogen-bond acceptors (Lipinski definition) is 2. The molecule has 0 aromatic heterocycles. The van der Waals surface area contributed by atoms with Gasteiger partial charge in [-0.3, -0.25) is 0 Å². The molecule has 0 saturated carbocycles. The molecule has 1 aromatic carbocycles. The Balaban J connectivity index is 2.25. The standard InChI is InChI=1S/C15H23ClN2/c1-12-5-6-13(16)9-14(12)18-8-4-7-17-10-15(2,3)11-18/h5-6,9,17H,4,7-8,10-11H2,1-3H3. The number of halogens is 1. The molecule has 1 heterocycles. The molecule has 0 unspecified atom stereocenters. The molecule has 0 spiro atoms. The molecule has 3 heteroatoms. The fourth-order valence-electron chi connectivity index (χ4n) is 2.60. The van der Waals surface area contributed by atoms with Crippen molar-refractivity contribution in [2.75, 3.05) is 31.1 Å². The number of nitrogens with one attached hydrogen (secondary N) is 1. The molecule has 1 N–H and O–H groups in total. The predicted octanol–water partition coefficient (Wildman–Crippen LogP) is 3.47. The highest BCUT2D eigenvalue weighted by Crippen LogP contribution is 2.28. The average Bonchev–Trinajstić information content (AvgIpc) is 2.27. The zero-order valence-electron chi connectivity index (χ0n) is 11.6. The molecule has 1 aliphatic rings. The molecule has 0 radical (unpaired) electrons. The molecule has 1 aliphatic heterocycles. The van der Waals surface area contributed by atoms with Gasteiger partial charge in [-0.25, -0.2) is 0 Å². The third kappa shape index (κ3) is 3.39. The summed E-state index contributed by atoms with van der Waals surface area (Å²) < 4.78 is 0. The molecule has 0 amide bonds. The lowest BCUT2D eigenvalue weighted by atomic mass is 9.91. The van der Waals surface area contributed by atoms with Gasteiger partial charge in [0.25, 0.3) is 0 Å². The minimum absolute atomic E-state index is 0.287. The Hall–Kier alpha value is -0.730. The van der Waals surface area contributed by atoms with Crippen molar-refractivity contribution >= 4 is 17.3 Å². The van der Waals surface area contributed by atoms with Crippen molar-refractivity contribution in [3.63, 3.8) is 0 Å². The Morgan fingerprint density at radius 1 is 1.33 bits per heavy atom. The van der Waals surface area contributed by atoms with Gasteiger partial charge in [0.15, 0.2) is 0 Å². The smallest absolute Gasteiger partial charge is 0.0426 e. The molecular weight excluding hydrogens is 244 g/mol. The molecule has 0 aliphatic carbocycles. The second-order valence-corrected chi connectivity index (χ2v) is 6.48. The summed E-state index contributed by atoms with van der Waals surface area (Å²) in [4.78, 5) is 2.49. The van der Waals surface area contributed by atoms with Crippen LogP contribution in [0, 0.1) is 12.3 Å². The van der Waals surface area contributed by atoms with E-state index in [9.17, 15) is 0 Å². The van der Waals surface area contributed by atoms with Crippen molar-refractivity contribution in [3.05, 3.63) is 28.8 Å². The summed E-state index contributed by atoms with van der Waals surface area (Å²) in [5.74, 6) is 0. The van der Waals surface area contributed by atoms with Gasteiger partial charge in [-0.05, 0) is 43.0 Å². The molecule has 1 fully saturated rings. The molecule has 0 bridgehead atoms. The van der Waals surface area contributed by atoms with Crippen molar-refractivity contribution in [1.29, 1.82) is 0 Å². The van der Waals surface area contributed by atoms with Gasteiger partial charge in [-0.15, -0.1) is 0 Å². The van der Waals surface area contributed by atoms with Crippen LogP contribution in [0.15, 0.2) is 18.2 Å². The van der Waals surface area contributed by atoms with Crippen LogP contribution in [0.1, 0.15) is 25.8 Å². The molecular formula is C15H23ClN2. The van der Waals surface area contributed by atoms with Gasteiger partial charge in [-0.1, -0.05) is 31.5 Å². The van der Waals surface area contributed by atoms with Crippen LogP contribution in [0.5, 0.6) is 0 Å². The number of aryl methyl sites for hydroxylation is 1. The van der Waals surface area contributed by atoms with Crippen LogP contribution in [0.4, 0.5) is 5.69 Å². The van der Waals surface area contributed by atoms with E-state index in [1.807, 2.05) is 6.07 Å². The van der Waals surface area contributed by atoms with Crippen LogP contribution in [0.2, 0.25) is 5.02 Å². The number of anilines is 1. The van der Waals surface area contributed by atoms with E-state index < -0.39 is 0 Å². The highest BCUT2D eigenvalue weighted by molar-refractivity contribution is 6.30. The average molecular weight is 267 g/mol. The maximum absolute atomic E-state index is 6.14. The summed E-state index contributed by atoms with van der Waals surface area (Å²) >= 11 is 6.14. The fraction of sp³-hybridized carbons (Fsp3) is 0.600. The lowest BCUT2D eigenvalue weighted by Crippen LogP contribution is -2.44. The molecule has 2 rings (SSSR count). The monoisotopic (exact) mass is 266 g/mol. The predicted molar refractivity (Wildman–Crippen MR) is 79.7 cm³/mol. The number of hydrogen-bond donors (Lipinski definition) is 1. The first-order valence-corrected chi connectivity index (χ1v) is 7.08. The first-order chi connectivity index (χ1) is 8.48. The molecule has 2 nitrogen and oxygen atoms in total. The van der Waals surface area contributed by atoms with Crippen molar-refractivity contribution in [2.45, 2.75) is 27.2 Å². The summed E-state index contributed by atoms with van der Waals surface area (Å²) in [6.45, 7) is 11.1. The van der Waals surface area contributed by atoms with Crippen LogP contribution < -0.4 is 10.2 Å². The number of nitrogens with zero attached hydrogens (tertiary/aromatic N) is 1. The van der Waals surface area contributed by atoms with Gasteiger partial charge in [0.2, 0.25) is 0 Å². The van der Waals surface area contributed by atoms with E-state index in [0.717, 1.165) is 31.2 Å². The van der Waals surface area contributed by atoms with E-state index in [0.29, 0.717) is 0 Å². The van der Waals surface area contributed by atoms with Gasteiger partial charge < -0.3 is 10.2 Å². The highest BCUT2D eigenvalue weighted by Gasteiger charge is 2.24. The number of rotatable bonds is 1. The Kier molecular flexibility index (Phi) is 4.18. The Morgan fingerprint density at radius 3 is 2.89 bits per heavy atom. The van der Waals surface area contributed by atoms with Crippen molar-refractivity contribution in [1.82, 2.24) is 5.32 Å². The third-order valence-corrected chi connectivity index (χ3v) is 3.75. The van der Waals surface area contributed by atoms with E-state index >= 15 is 0 Å². The summed E-state index contributed by atoms with van der Waals surface area (Å²) in [6.07, 6.45) is 1.18. The first-order valence-electron chi connectivity index (χ1n) is 6.70. The van der Waals surface area contributed by atoms with Crippen LogP contribution >= 0.6 is 11.6 Å². The largest absolute Gasteiger partial charge is 0.371 e. The lowest BCUT2D eigenvalue weighted by Gasteiger charge is -2.37. The van der Waals surface area contributed by atoms with Crippen molar-refractivity contribution in [3.8, 4) is 0 Å². The van der Waals surface area contributed by atoms with Gasteiger partial charge in [0, 0.05) is 30.3 Å². The zero-order chi connectivity index (χ0) is 13.2. The molecule has 18 heavy (non-hydrogen) atoms. The summed E-state index contributed by atoms with van der Waals surface area (Å²) in [7, 11) is 0. The molecule has 100 valence electrons. The van der Waals surface area contributed by atoms with Crippen LogP contribution in [0.3, 0.4) is 0 Å². The van der Waals surface area contributed by atoms with Crippen LogP contribution in [0.25, 0.3) is 0 Å². The van der Waals surface area contributed by atoms with E-state index in [-0.39, 0.29) is 5.41 Å². The topological polar surface area (TPSA) is 15.3 Å². The first kappa shape index (κ1) is 13.7. The van der Waals surface area contributed by atoms with Gasteiger partial charge >= 0.3 is 0 Å². The highest BCUT2D eigenvalue weighted by atomic mass is 35.5. The van der Waals surface area contributed by atoms with E-state index in [1.54, 1.807) is 0 Å². The van der Waals surface area contributed by atoms with E-state index in [4.69, 9.17) is 11.6 Å². The van der Waals surface area contributed by atoms with Crippen molar-refractivity contribution in [2.24, 2.45) is 5.41 Å². The Bertz CT molecular complexity index is 415. The van der Waals surface area contributed by atoms with Crippen molar-refractivity contribution < 1.29 is 0 Å². The normalized spacial score (nSPS) is 20.3. The third-order valence-electron chi connectivity index (χ3n) is 3.52. The molecule has 1 aromatic rings. The minimum Gasteiger partial charge on any atom is -0.371 e. The maximum atomic E-state index is 6.14. The Morgan fingerprint density at radius 2 is 2.11 bits per heavy atom. The zero-order valence-corrected chi connectivity index (χ0v) is 12.3. The van der Waals surface area contributed by atoms with E-state index in [2.05, 4.69) is 43.1 Å². The molecule has 1 saturated heterocycles. The van der Waals surface area contributed by atoms with E-state index in [1.165, 1.54) is 17.7 Å². The van der Waals surface area contributed by atoms with Gasteiger partial charge in [-0.2, -0.15) is 0 Å². The summed E-state index contributed by atoms with van der Waals surface area (Å²) in [6, 6.07) is 6.18. The molecule has 0 atom stereocenters. The second-order valence-electron chi connectivity index (χ2n) is 6.05. The van der Waals surface area contributed by atoms with Crippen LogP contribution in [-0.2, 0) is 0 Å². The lowest BCUT2D eigenvalue weighted by molar-refractivity contribution is 0.325. The number of benzene rings is 1. The maximum Gasteiger partial charge on any atom is 0.0426 e. The summed E-state index contributed by atoms with van der Waals surface area (Å²) in [5, 5.41) is 4.35. The minimum atomic E-state index is 0.287. The fourth-order valence-corrected chi connectivity index (χ4v) is 2.77.